The summed E-state index contributed by atoms with van der Waals surface area (Å²) in [5.41, 5.74) is 0.529. The Bertz CT molecular complexity index is 1210. The highest BCUT2D eigenvalue weighted by Crippen LogP contribution is 2.64. The van der Waals surface area contributed by atoms with E-state index in [1.165, 1.54) is 12.1 Å². The predicted octanol–water partition coefficient (Wildman–Crippen LogP) is 6.47. The van der Waals surface area contributed by atoms with Crippen molar-refractivity contribution in [3.8, 4) is 0 Å². The molecule has 1 N–H and O–H groups in total. The zero-order valence-corrected chi connectivity index (χ0v) is 24.6. The van der Waals surface area contributed by atoms with Crippen LogP contribution in [0.4, 0.5) is 18.0 Å². The molecule has 2 aliphatic heterocycles. The summed E-state index contributed by atoms with van der Waals surface area (Å²) in [6.07, 6.45) is -0.452. The molecule has 2 unspecified atom stereocenters. The molecular weight excluding hydrogens is 539 g/mol. The zero-order valence-electron chi connectivity index (χ0n) is 23.7. The molecule has 11 heteroatoms. The summed E-state index contributed by atoms with van der Waals surface area (Å²) in [7, 11) is 2.01. The van der Waals surface area contributed by atoms with E-state index < -0.39 is 17.8 Å². The van der Waals surface area contributed by atoms with Gasteiger partial charge in [0.15, 0.2) is 5.16 Å². The number of amides is 1. The summed E-state index contributed by atoms with van der Waals surface area (Å²) in [6, 6.07) is 5.69. The molecule has 0 radical (unpaired) electrons. The highest BCUT2D eigenvalue weighted by Gasteiger charge is 2.57. The van der Waals surface area contributed by atoms with Gasteiger partial charge < -0.3 is 19.5 Å². The van der Waals surface area contributed by atoms with Gasteiger partial charge in [0.1, 0.15) is 5.82 Å². The number of alkyl halides is 3. The van der Waals surface area contributed by atoms with Crippen molar-refractivity contribution in [2.45, 2.75) is 82.1 Å². The minimum Gasteiger partial charge on any atom is -0.465 e. The molecule has 0 bridgehead atoms. The number of benzene rings is 1. The molecule has 40 heavy (non-hydrogen) atoms. The van der Waals surface area contributed by atoms with E-state index >= 15 is 0 Å². The van der Waals surface area contributed by atoms with Crippen molar-refractivity contribution in [2.24, 2.45) is 17.9 Å². The van der Waals surface area contributed by atoms with E-state index in [-0.39, 0.29) is 22.8 Å². The van der Waals surface area contributed by atoms with Gasteiger partial charge >= 0.3 is 12.3 Å². The third kappa shape index (κ3) is 6.00. The third-order valence-electron chi connectivity index (χ3n) is 9.23. The van der Waals surface area contributed by atoms with Crippen LogP contribution in [0.25, 0.3) is 0 Å². The monoisotopic (exact) mass is 579 g/mol. The molecule has 1 amide bonds. The summed E-state index contributed by atoms with van der Waals surface area (Å²) in [4.78, 5) is 15.9. The molecule has 1 aliphatic carbocycles. The number of hydrogen-bond donors (Lipinski definition) is 1. The third-order valence-corrected chi connectivity index (χ3v) is 10.3. The molecule has 1 saturated carbocycles. The van der Waals surface area contributed by atoms with E-state index in [0.29, 0.717) is 12.5 Å². The Kier molecular flexibility index (Phi) is 7.93. The molecule has 4 atom stereocenters. The number of nitrogens with zero attached hydrogens (tertiary/aromatic N) is 5. The first kappa shape index (κ1) is 29.2. The van der Waals surface area contributed by atoms with E-state index in [1.54, 1.807) is 28.8 Å². The van der Waals surface area contributed by atoms with Crippen LogP contribution in [0.2, 0.25) is 0 Å². The molecule has 1 spiro atoms. The summed E-state index contributed by atoms with van der Waals surface area (Å²) in [5, 5.41) is 19.5. The molecule has 1 aromatic carbocycles. The first-order valence-corrected chi connectivity index (χ1v) is 15.2. The number of likely N-dealkylation sites (tertiary alicyclic amines) is 2. The fraction of sp³-hybridized carbons (Fsp3) is 0.690. The molecule has 5 rings (SSSR count). The van der Waals surface area contributed by atoms with Crippen molar-refractivity contribution < 1.29 is 23.1 Å². The number of aromatic nitrogens is 3. The van der Waals surface area contributed by atoms with Crippen molar-refractivity contribution in [3.05, 3.63) is 41.2 Å². The number of piperidine rings is 1. The highest BCUT2D eigenvalue weighted by molar-refractivity contribution is 7.99. The molecule has 2 saturated heterocycles. The van der Waals surface area contributed by atoms with Crippen molar-refractivity contribution in [2.75, 3.05) is 31.9 Å². The second kappa shape index (κ2) is 10.9. The fourth-order valence-electron chi connectivity index (χ4n) is 6.86. The standard InChI is InChI=1S/C29H40F3N5O2S/c1-27(2,3)23-16-20(10-13-37(23)26(38)39)24-33-34-25(35(24)4)40-15-5-12-36-14-11-28(18-36)17-22(28)19-6-8-21(9-7-19)29(30,31)32/h6-9,20,22-23H,5,10-18H2,1-4H3,(H,38,39)/t20?,22-,23?,28+/m1/s1. The summed E-state index contributed by atoms with van der Waals surface area (Å²) >= 11 is 1.71. The van der Waals surface area contributed by atoms with Crippen molar-refractivity contribution >= 4 is 17.9 Å². The van der Waals surface area contributed by atoms with Gasteiger partial charge in [-0.1, -0.05) is 44.7 Å². The lowest BCUT2D eigenvalue weighted by atomic mass is 9.77. The number of rotatable bonds is 7. The Labute approximate surface area is 238 Å². The minimum atomic E-state index is -4.29. The molecule has 220 valence electrons. The van der Waals surface area contributed by atoms with Gasteiger partial charge in [0.25, 0.3) is 0 Å². The summed E-state index contributed by atoms with van der Waals surface area (Å²) in [5.74, 6) is 2.42. The number of carbonyl (C=O) groups is 1. The molecule has 7 nitrogen and oxygen atoms in total. The summed E-state index contributed by atoms with van der Waals surface area (Å²) < 4.78 is 40.8. The largest absolute Gasteiger partial charge is 0.465 e. The number of thioether (sulfide) groups is 1. The minimum absolute atomic E-state index is 0.0642. The van der Waals surface area contributed by atoms with Gasteiger partial charge in [-0.25, -0.2) is 4.79 Å². The number of hydrogen-bond acceptors (Lipinski definition) is 5. The van der Waals surface area contributed by atoms with E-state index in [0.717, 1.165) is 74.0 Å². The lowest BCUT2D eigenvalue weighted by molar-refractivity contribution is -0.137. The van der Waals surface area contributed by atoms with Crippen LogP contribution >= 0.6 is 11.8 Å². The van der Waals surface area contributed by atoms with E-state index in [1.807, 2.05) is 7.05 Å². The highest BCUT2D eigenvalue weighted by atomic mass is 32.2. The van der Waals surface area contributed by atoms with Crippen LogP contribution in [0.3, 0.4) is 0 Å². The summed E-state index contributed by atoms with van der Waals surface area (Å²) in [6.45, 7) is 9.84. The van der Waals surface area contributed by atoms with Crippen molar-refractivity contribution in [1.29, 1.82) is 0 Å². The van der Waals surface area contributed by atoms with Crippen LogP contribution in [0.1, 0.15) is 81.7 Å². The fourth-order valence-corrected chi connectivity index (χ4v) is 7.70. The Balaban J connectivity index is 1.08. The molecule has 3 heterocycles. The van der Waals surface area contributed by atoms with Gasteiger partial charge in [-0.05, 0) is 79.6 Å². The van der Waals surface area contributed by atoms with Crippen LogP contribution in [-0.4, -0.2) is 73.7 Å². The van der Waals surface area contributed by atoms with Gasteiger partial charge in [0, 0.05) is 37.8 Å². The second-order valence-electron chi connectivity index (χ2n) is 12.9. The maximum Gasteiger partial charge on any atom is 0.416 e. The first-order chi connectivity index (χ1) is 18.8. The topological polar surface area (TPSA) is 74.5 Å². The SMILES string of the molecule is Cn1c(SCCCN2CC[C@]3(C[C@@H]3c3ccc(C(F)(F)F)cc3)C2)nnc1C1CCN(C(=O)O)C(C(C)(C)C)C1. The van der Waals surface area contributed by atoms with Gasteiger partial charge in [-0.15, -0.1) is 10.2 Å². The van der Waals surface area contributed by atoms with Crippen LogP contribution in [-0.2, 0) is 13.2 Å². The van der Waals surface area contributed by atoms with Crippen molar-refractivity contribution in [1.82, 2.24) is 24.6 Å². The lowest BCUT2D eigenvalue weighted by Gasteiger charge is -2.44. The number of carboxylic acid groups (broad SMARTS) is 1. The molecular formula is C29H40F3N5O2S. The average molecular weight is 580 g/mol. The second-order valence-corrected chi connectivity index (χ2v) is 14.0. The van der Waals surface area contributed by atoms with Crippen LogP contribution in [0.15, 0.2) is 29.4 Å². The average Bonchev–Trinajstić information content (AvgIpc) is 3.23. The van der Waals surface area contributed by atoms with Crippen LogP contribution in [0.5, 0.6) is 0 Å². The van der Waals surface area contributed by atoms with E-state index in [2.05, 4.69) is 40.4 Å². The maximum atomic E-state index is 12.9. The molecule has 2 aromatic rings. The predicted molar refractivity (Wildman–Crippen MR) is 149 cm³/mol. The van der Waals surface area contributed by atoms with E-state index in [9.17, 15) is 23.1 Å². The van der Waals surface area contributed by atoms with Gasteiger partial charge in [0.2, 0.25) is 0 Å². The maximum absolute atomic E-state index is 12.9. The lowest BCUT2D eigenvalue weighted by Crippen LogP contribution is -2.51. The van der Waals surface area contributed by atoms with Gasteiger partial charge in [-0.3, -0.25) is 0 Å². The number of halogens is 3. The Morgan fingerprint density at radius 3 is 2.52 bits per heavy atom. The smallest absolute Gasteiger partial charge is 0.416 e. The Hall–Kier alpha value is -2.27. The van der Waals surface area contributed by atoms with Crippen LogP contribution < -0.4 is 0 Å². The normalized spacial score (nSPS) is 27.5. The van der Waals surface area contributed by atoms with Gasteiger partial charge in [-0.2, -0.15) is 13.2 Å². The molecule has 3 aliphatic rings. The Morgan fingerprint density at radius 2 is 1.88 bits per heavy atom. The molecule has 3 fully saturated rings. The van der Waals surface area contributed by atoms with E-state index in [4.69, 9.17) is 0 Å². The van der Waals surface area contributed by atoms with Gasteiger partial charge in [0.05, 0.1) is 5.56 Å². The quantitative estimate of drug-likeness (QED) is 0.300. The van der Waals surface area contributed by atoms with Crippen molar-refractivity contribution in [3.63, 3.8) is 0 Å². The first-order valence-electron chi connectivity index (χ1n) is 14.2. The van der Waals surface area contributed by atoms with Crippen LogP contribution in [0, 0.1) is 10.8 Å². The Morgan fingerprint density at radius 1 is 1.15 bits per heavy atom. The molecule has 1 aromatic heterocycles. The zero-order chi connectivity index (χ0) is 28.9.